The average Bonchev–Trinajstić information content (AvgIpc) is 2.27. The van der Waals surface area contributed by atoms with Gasteiger partial charge in [-0.05, 0) is 80.8 Å². The molecule has 0 aliphatic heterocycles. The second-order valence-electron chi connectivity index (χ2n) is 5.63. The third kappa shape index (κ3) is 2.74. The third-order valence-electron chi connectivity index (χ3n) is 4.10. The summed E-state index contributed by atoms with van der Waals surface area (Å²) < 4.78 is 14.1. The van der Waals surface area contributed by atoms with Gasteiger partial charge in [0.25, 0.3) is 0 Å². The molecule has 0 spiro atoms. The molecule has 1 N–H and O–H groups in total. The van der Waals surface area contributed by atoms with Gasteiger partial charge < -0.3 is 5.32 Å². The first kappa shape index (κ1) is 13.5. The highest BCUT2D eigenvalue weighted by Crippen LogP contribution is 2.44. The van der Waals surface area contributed by atoms with Gasteiger partial charge in [0.05, 0.1) is 0 Å². The summed E-state index contributed by atoms with van der Waals surface area (Å²) in [5.74, 6) is 1.04. The topological polar surface area (TPSA) is 12.0 Å². The molecule has 1 aliphatic rings. The average molecular weight is 249 g/mol. The van der Waals surface area contributed by atoms with E-state index >= 15 is 0 Å². The molecule has 0 heterocycles. The molecule has 0 radical (unpaired) electrons. The molecule has 18 heavy (non-hydrogen) atoms. The van der Waals surface area contributed by atoms with Gasteiger partial charge >= 0.3 is 0 Å². The maximum absolute atomic E-state index is 14.1. The van der Waals surface area contributed by atoms with Crippen molar-refractivity contribution < 1.29 is 4.39 Å². The Kier molecular flexibility index (Phi) is 4.39. The molecule has 1 nitrogen and oxygen atoms in total. The molecule has 0 bridgehead atoms. The van der Waals surface area contributed by atoms with E-state index in [4.69, 9.17) is 0 Å². The Bertz CT molecular complexity index is 391. The first-order valence-electron chi connectivity index (χ1n) is 7.10. The van der Waals surface area contributed by atoms with Crippen molar-refractivity contribution in [3.05, 3.63) is 34.6 Å². The summed E-state index contributed by atoms with van der Waals surface area (Å²) in [6.45, 7) is 8.28. The van der Waals surface area contributed by atoms with Crippen LogP contribution >= 0.6 is 0 Å². The van der Waals surface area contributed by atoms with E-state index < -0.39 is 0 Å². The number of hydrogen-bond acceptors (Lipinski definition) is 1. The number of hydrogen-bond donors (Lipinski definition) is 1. The van der Waals surface area contributed by atoms with Crippen LogP contribution < -0.4 is 5.32 Å². The van der Waals surface area contributed by atoms with Gasteiger partial charge in [-0.25, -0.2) is 4.39 Å². The predicted octanol–water partition coefficient (Wildman–Crippen LogP) is 3.94. The highest BCUT2D eigenvalue weighted by atomic mass is 19.1. The van der Waals surface area contributed by atoms with Gasteiger partial charge in [0.15, 0.2) is 0 Å². The smallest absolute Gasteiger partial charge is 0.127 e. The van der Waals surface area contributed by atoms with Crippen molar-refractivity contribution in [2.75, 3.05) is 13.1 Å². The zero-order valence-electron chi connectivity index (χ0n) is 11.7. The quantitative estimate of drug-likeness (QED) is 0.779. The maximum Gasteiger partial charge on any atom is 0.127 e. The fourth-order valence-corrected chi connectivity index (χ4v) is 3.05. The van der Waals surface area contributed by atoms with E-state index in [0.717, 1.165) is 42.6 Å². The predicted molar refractivity (Wildman–Crippen MR) is 74.5 cm³/mol. The Morgan fingerprint density at radius 1 is 1.28 bits per heavy atom. The Balaban J connectivity index is 2.08. The highest BCUT2D eigenvalue weighted by Gasteiger charge is 2.34. The van der Waals surface area contributed by atoms with Crippen molar-refractivity contribution in [1.29, 1.82) is 0 Å². The molecule has 2 atom stereocenters. The van der Waals surface area contributed by atoms with Gasteiger partial charge in [-0.15, -0.1) is 0 Å². The van der Waals surface area contributed by atoms with E-state index in [-0.39, 0.29) is 5.82 Å². The van der Waals surface area contributed by atoms with E-state index in [1.807, 2.05) is 13.8 Å². The summed E-state index contributed by atoms with van der Waals surface area (Å²) in [6.07, 6.45) is 3.53. The molecule has 2 rings (SSSR count). The summed E-state index contributed by atoms with van der Waals surface area (Å²) in [5.41, 5.74) is 3.11. The molecule has 1 aromatic carbocycles. The molecule has 2 unspecified atom stereocenters. The molecular formula is C16H24FN. The van der Waals surface area contributed by atoms with Crippen LogP contribution in [0.2, 0.25) is 0 Å². The van der Waals surface area contributed by atoms with Gasteiger partial charge in [-0.2, -0.15) is 0 Å². The van der Waals surface area contributed by atoms with Gasteiger partial charge in [0.1, 0.15) is 5.82 Å². The Hall–Kier alpha value is -0.890. The van der Waals surface area contributed by atoms with Crippen LogP contribution in [0.25, 0.3) is 0 Å². The first-order valence-corrected chi connectivity index (χ1v) is 7.10. The molecular weight excluding hydrogens is 225 g/mol. The Morgan fingerprint density at radius 3 is 2.61 bits per heavy atom. The maximum atomic E-state index is 14.1. The van der Waals surface area contributed by atoms with Gasteiger partial charge in [-0.3, -0.25) is 0 Å². The van der Waals surface area contributed by atoms with Crippen LogP contribution in [-0.2, 0) is 0 Å². The zero-order valence-corrected chi connectivity index (χ0v) is 11.7. The minimum absolute atomic E-state index is 0.00214. The first-order chi connectivity index (χ1) is 8.63. The summed E-state index contributed by atoms with van der Waals surface area (Å²) >= 11 is 0. The lowest BCUT2D eigenvalue weighted by atomic mass is 9.68. The van der Waals surface area contributed by atoms with Crippen LogP contribution in [-0.4, -0.2) is 13.1 Å². The number of halogens is 1. The zero-order chi connectivity index (χ0) is 13.1. The fourth-order valence-electron chi connectivity index (χ4n) is 3.05. The normalized spacial score (nSPS) is 22.9. The molecule has 1 saturated carbocycles. The number of rotatable bonds is 5. The van der Waals surface area contributed by atoms with Gasteiger partial charge in [0, 0.05) is 0 Å². The largest absolute Gasteiger partial charge is 0.316 e. The lowest BCUT2D eigenvalue weighted by Crippen LogP contribution is -2.35. The molecule has 100 valence electrons. The van der Waals surface area contributed by atoms with Crippen LogP contribution in [0.1, 0.15) is 48.8 Å². The summed E-state index contributed by atoms with van der Waals surface area (Å²) in [7, 11) is 0. The van der Waals surface area contributed by atoms with E-state index in [9.17, 15) is 4.39 Å². The van der Waals surface area contributed by atoms with Crippen molar-refractivity contribution in [2.45, 2.75) is 46.0 Å². The summed E-state index contributed by atoms with van der Waals surface area (Å²) in [5, 5.41) is 3.46. The minimum Gasteiger partial charge on any atom is -0.316 e. The van der Waals surface area contributed by atoms with Crippen LogP contribution in [0.15, 0.2) is 12.1 Å². The molecule has 0 aromatic heterocycles. The molecule has 0 saturated heterocycles. The van der Waals surface area contributed by atoms with Crippen molar-refractivity contribution in [3.8, 4) is 0 Å². The van der Waals surface area contributed by atoms with Crippen LogP contribution in [0, 0.1) is 25.6 Å². The number of benzene rings is 1. The van der Waals surface area contributed by atoms with Crippen LogP contribution in [0.5, 0.6) is 0 Å². The van der Waals surface area contributed by atoms with Crippen molar-refractivity contribution in [2.24, 2.45) is 5.92 Å². The molecule has 1 aliphatic carbocycles. The fraction of sp³-hybridized carbons (Fsp3) is 0.625. The standard InChI is InChI=1S/C16H24FN/c1-4-7-18-10-13-5-6-14(13)16-12(3)8-11(2)9-15(16)17/h8-9,13-14,18H,4-7,10H2,1-3H3. The lowest BCUT2D eigenvalue weighted by Gasteiger charge is -2.38. The highest BCUT2D eigenvalue weighted by molar-refractivity contribution is 5.36. The van der Waals surface area contributed by atoms with E-state index in [1.165, 1.54) is 6.42 Å². The van der Waals surface area contributed by atoms with Crippen LogP contribution in [0.4, 0.5) is 4.39 Å². The number of nitrogens with one attached hydrogen (secondary N) is 1. The third-order valence-corrected chi connectivity index (χ3v) is 4.10. The summed E-state index contributed by atoms with van der Waals surface area (Å²) in [4.78, 5) is 0. The van der Waals surface area contributed by atoms with Crippen molar-refractivity contribution in [1.82, 2.24) is 5.32 Å². The van der Waals surface area contributed by atoms with E-state index in [2.05, 4.69) is 18.3 Å². The number of aryl methyl sites for hydroxylation is 2. The Labute approximate surface area is 110 Å². The van der Waals surface area contributed by atoms with Crippen LogP contribution in [0.3, 0.4) is 0 Å². The van der Waals surface area contributed by atoms with E-state index in [0.29, 0.717) is 11.8 Å². The molecule has 1 aromatic rings. The molecule has 1 fully saturated rings. The molecule has 2 heteroatoms. The minimum atomic E-state index is -0.00214. The van der Waals surface area contributed by atoms with Crippen molar-refractivity contribution >= 4 is 0 Å². The Morgan fingerprint density at radius 2 is 2.06 bits per heavy atom. The van der Waals surface area contributed by atoms with Gasteiger partial charge in [-0.1, -0.05) is 13.0 Å². The van der Waals surface area contributed by atoms with Gasteiger partial charge in [0.2, 0.25) is 0 Å². The SMILES string of the molecule is CCCNCC1CCC1c1c(C)cc(C)cc1F. The molecule has 0 amide bonds. The van der Waals surface area contributed by atoms with E-state index in [1.54, 1.807) is 6.07 Å². The monoisotopic (exact) mass is 249 g/mol. The summed E-state index contributed by atoms with van der Waals surface area (Å²) in [6, 6.07) is 3.78. The lowest BCUT2D eigenvalue weighted by molar-refractivity contribution is 0.240. The second kappa shape index (κ2) is 5.83. The van der Waals surface area contributed by atoms with Crippen molar-refractivity contribution in [3.63, 3.8) is 0 Å². The second-order valence-corrected chi connectivity index (χ2v) is 5.63.